The molecule has 0 bridgehead atoms. The fourth-order valence-electron chi connectivity index (χ4n) is 0. The third kappa shape index (κ3) is 1720. The van der Waals surface area contributed by atoms with Gasteiger partial charge in [-0.25, -0.2) is 0 Å². The van der Waals surface area contributed by atoms with Gasteiger partial charge in [0.05, 0.1) is 0 Å². The molecule has 0 heterocycles. The molecule has 16 heavy (non-hydrogen) atoms. The summed E-state index contributed by atoms with van der Waals surface area (Å²) in [4.78, 5) is 0. The van der Waals surface area contributed by atoms with Crippen molar-refractivity contribution in [2.75, 3.05) is 0 Å². The van der Waals surface area contributed by atoms with Gasteiger partial charge in [-0.05, 0) is 0 Å². The molecule has 0 atom stereocenters. The van der Waals surface area contributed by atoms with Gasteiger partial charge < -0.3 is 71.0 Å². The molecule has 66 valence electrons. The summed E-state index contributed by atoms with van der Waals surface area (Å²) in [7, 11) is 0. The summed E-state index contributed by atoms with van der Waals surface area (Å²) < 4.78 is 0. The van der Waals surface area contributed by atoms with Crippen molar-refractivity contribution < 1.29 is 139 Å². The molecular formula is C6FeK2N6Zn. The van der Waals surface area contributed by atoms with E-state index in [1.807, 2.05) is 0 Å². The van der Waals surface area contributed by atoms with E-state index >= 15 is 0 Å². The van der Waals surface area contributed by atoms with Gasteiger partial charge in [0.25, 0.3) is 0 Å². The van der Waals surface area contributed by atoms with E-state index in [1.54, 1.807) is 0 Å². The van der Waals surface area contributed by atoms with Crippen LogP contribution in [-0.4, -0.2) is 0 Å². The Labute approximate surface area is 205 Å². The zero-order valence-corrected chi connectivity index (χ0v) is 19.1. The number of nitrogens with zero attached hydrogens (tertiary/aromatic N) is 6. The summed E-state index contributed by atoms with van der Waals surface area (Å²) in [5.41, 5.74) is 0. The van der Waals surface area contributed by atoms with Crippen LogP contribution in [0.2, 0.25) is 0 Å². The summed E-state index contributed by atoms with van der Waals surface area (Å²) in [5, 5.41) is 37.5. The molecule has 0 aromatic rings. The largest absolute Gasteiger partial charge is 2.00 e. The van der Waals surface area contributed by atoms with E-state index in [2.05, 4.69) is 0 Å². The van der Waals surface area contributed by atoms with Crippen molar-refractivity contribution in [2.45, 2.75) is 0 Å². The van der Waals surface area contributed by atoms with Crippen molar-refractivity contribution in [2.24, 2.45) is 0 Å². The first-order chi connectivity index (χ1) is 6.00. The van der Waals surface area contributed by atoms with Crippen LogP contribution in [0.5, 0.6) is 0 Å². The first kappa shape index (κ1) is 85.8. The van der Waals surface area contributed by atoms with E-state index in [0.717, 1.165) is 0 Å². The van der Waals surface area contributed by atoms with Gasteiger partial charge in [0.15, 0.2) is 0 Å². The zero-order valence-electron chi connectivity index (χ0n) is 8.74. The molecule has 0 amide bonds. The monoisotopic (exact) mass is 354 g/mol. The first-order valence-corrected chi connectivity index (χ1v) is 1.34. The molecule has 0 aliphatic carbocycles. The van der Waals surface area contributed by atoms with E-state index in [1.165, 1.54) is 0 Å². The molecule has 6 nitrogen and oxygen atoms in total. The van der Waals surface area contributed by atoms with Crippen LogP contribution >= 0.6 is 0 Å². The predicted octanol–water partition coefficient (Wildman–Crippen LogP) is -5.42. The molecule has 0 aliphatic heterocycles. The molecule has 0 radical (unpaired) electrons. The van der Waals surface area contributed by atoms with Gasteiger partial charge in [0.1, 0.15) is 0 Å². The van der Waals surface area contributed by atoms with Gasteiger partial charge in [0.2, 0.25) is 0 Å². The van der Waals surface area contributed by atoms with Crippen molar-refractivity contribution in [1.29, 1.82) is 31.6 Å². The van der Waals surface area contributed by atoms with Crippen molar-refractivity contribution >= 4 is 0 Å². The minimum atomic E-state index is 0. The standard InChI is InChI=1S/6CN.Fe.2K.Zn/c6*1-2;;;;/q6*-1;+2;2*+1;+2. The fourth-order valence-corrected chi connectivity index (χ4v) is 0. The Kier molecular flexibility index (Phi) is 11300. The smallest absolute Gasteiger partial charge is 0.512 e. The average molecular weight is 356 g/mol. The van der Waals surface area contributed by atoms with E-state index in [9.17, 15) is 0 Å². The Hall–Kier alpha value is 1.36. The predicted molar refractivity (Wildman–Crippen MR) is 29.8 cm³/mol. The Bertz CT molecular complexity index is 106. The van der Waals surface area contributed by atoms with Crippen LogP contribution in [0, 0.1) is 71.0 Å². The molecule has 0 saturated heterocycles. The second-order valence-electron chi connectivity index (χ2n) is 0. The van der Waals surface area contributed by atoms with Gasteiger partial charge in [-0.15, -0.1) is 0 Å². The molecule has 0 rings (SSSR count). The number of hydrogen-bond acceptors (Lipinski definition) is 6. The third-order valence-electron chi connectivity index (χ3n) is 0. The molecule has 0 N–H and O–H groups in total. The van der Waals surface area contributed by atoms with Crippen molar-refractivity contribution in [3.8, 4) is 0 Å². The van der Waals surface area contributed by atoms with Gasteiger partial charge in [-0.3, -0.25) is 0 Å². The molecule has 10 heteroatoms. The molecule has 0 aliphatic rings. The van der Waals surface area contributed by atoms with Crippen LogP contribution in [0.3, 0.4) is 0 Å². The van der Waals surface area contributed by atoms with Crippen LogP contribution in [-0.2, 0) is 36.5 Å². The average Bonchev–Trinajstić information content (AvgIpc) is 2.33. The summed E-state index contributed by atoms with van der Waals surface area (Å²) in [6.07, 6.45) is 0. The fraction of sp³-hybridized carbons (Fsp3) is 0. The van der Waals surface area contributed by atoms with Gasteiger partial charge >= 0.3 is 139 Å². The second-order valence-corrected chi connectivity index (χ2v) is 0. The first-order valence-electron chi connectivity index (χ1n) is 1.34. The molecule has 0 saturated carbocycles. The molecular weight excluding hydrogens is 356 g/mol. The molecule has 0 aromatic heterocycles. The van der Waals surface area contributed by atoms with Crippen LogP contribution in [0.1, 0.15) is 0 Å². The van der Waals surface area contributed by atoms with Crippen LogP contribution in [0.25, 0.3) is 0 Å². The maximum absolute atomic E-state index is 6.25. The summed E-state index contributed by atoms with van der Waals surface area (Å²) in [6, 6.07) is 0. The quantitative estimate of drug-likeness (QED) is 0.313. The van der Waals surface area contributed by atoms with E-state index in [0.29, 0.717) is 0 Å². The van der Waals surface area contributed by atoms with Crippen molar-refractivity contribution in [3.05, 3.63) is 39.4 Å². The molecule has 0 spiro atoms. The summed E-state index contributed by atoms with van der Waals surface area (Å²) >= 11 is 0. The van der Waals surface area contributed by atoms with E-state index < -0.39 is 0 Å². The van der Waals surface area contributed by atoms with E-state index in [-0.39, 0.29) is 139 Å². The summed E-state index contributed by atoms with van der Waals surface area (Å²) in [6.45, 7) is 28.5. The molecule has 0 unspecified atom stereocenters. The minimum absolute atomic E-state index is 0. The van der Waals surface area contributed by atoms with Crippen molar-refractivity contribution in [3.63, 3.8) is 0 Å². The van der Waals surface area contributed by atoms with Gasteiger partial charge in [-0.2, -0.15) is 0 Å². The van der Waals surface area contributed by atoms with Gasteiger partial charge in [-0.1, -0.05) is 0 Å². The Morgan fingerprint density at radius 3 is 0.375 bits per heavy atom. The minimum Gasteiger partial charge on any atom is -0.512 e. The van der Waals surface area contributed by atoms with Gasteiger partial charge in [0, 0.05) is 0 Å². The third-order valence-corrected chi connectivity index (χ3v) is 0. The topological polar surface area (TPSA) is 143 Å². The van der Waals surface area contributed by atoms with Crippen LogP contribution in [0.4, 0.5) is 0 Å². The van der Waals surface area contributed by atoms with Crippen LogP contribution < -0.4 is 103 Å². The molecule has 0 aromatic carbocycles. The Balaban J connectivity index is -0.00000000321. The Morgan fingerprint density at radius 2 is 0.375 bits per heavy atom. The Morgan fingerprint density at radius 1 is 0.375 bits per heavy atom. The van der Waals surface area contributed by atoms with Crippen molar-refractivity contribution in [1.82, 2.24) is 0 Å². The normalized spacial score (nSPS) is 0.750. The number of hydrogen-bond donors (Lipinski definition) is 0. The molecule has 0 fully saturated rings. The summed E-state index contributed by atoms with van der Waals surface area (Å²) in [5.74, 6) is 0. The van der Waals surface area contributed by atoms with Crippen LogP contribution in [0.15, 0.2) is 0 Å². The zero-order chi connectivity index (χ0) is 12.0. The van der Waals surface area contributed by atoms with E-state index in [4.69, 9.17) is 71.0 Å². The second kappa shape index (κ2) is 2100. The maximum atomic E-state index is 6.25. The number of rotatable bonds is 0. The SMILES string of the molecule is [C-]#N.[C-]#N.[C-]#N.[C-]#N.[C-]#N.[C-]#N.[Fe+2].[K+].[K+].[Zn+2]. The maximum Gasteiger partial charge on any atom is 2.00 e.